The summed E-state index contributed by atoms with van der Waals surface area (Å²) in [5.41, 5.74) is 1.45. The van der Waals surface area contributed by atoms with Crippen molar-refractivity contribution in [2.75, 3.05) is 18.4 Å². The molecule has 1 fully saturated rings. The molecule has 0 radical (unpaired) electrons. The zero-order valence-corrected chi connectivity index (χ0v) is 23.0. The van der Waals surface area contributed by atoms with Crippen LogP contribution < -0.4 is 5.32 Å². The molecule has 0 bridgehead atoms. The number of sulfonamides is 2. The second-order valence-electron chi connectivity index (χ2n) is 9.29. The van der Waals surface area contributed by atoms with Crippen LogP contribution in [0.4, 0.5) is 5.69 Å². The minimum Gasteiger partial charge on any atom is -0.325 e. The van der Waals surface area contributed by atoms with Gasteiger partial charge in [-0.05, 0) is 54.8 Å². The van der Waals surface area contributed by atoms with E-state index in [1.807, 2.05) is 36.4 Å². The van der Waals surface area contributed by atoms with Gasteiger partial charge in [0.05, 0.1) is 16.3 Å². The summed E-state index contributed by atoms with van der Waals surface area (Å²) in [5, 5.41) is 2.76. The number of para-hydroxylation sites is 1. The van der Waals surface area contributed by atoms with E-state index >= 15 is 0 Å². The molecule has 1 amide bonds. The van der Waals surface area contributed by atoms with Crippen LogP contribution in [0, 0.1) is 0 Å². The van der Waals surface area contributed by atoms with Crippen molar-refractivity contribution in [2.45, 2.75) is 55.0 Å². The fraction of sp³-hybridized carbons (Fsp3) is 0.321. The second-order valence-corrected chi connectivity index (χ2v) is 13.1. The van der Waals surface area contributed by atoms with Gasteiger partial charge in [-0.25, -0.2) is 16.8 Å². The largest absolute Gasteiger partial charge is 0.325 e. The Hall–Kier alpha value is -3.05. The Labute approximate surface area is 225 Å². The number of rotatable bonds is 11. The first kappa shape index (κ1) is 28.0. The molecule has 38 heavy (non-hydrogen) atoms. The Morgan fingerprint density at radius 3 is 1.87 bits per heavy atom. The second kappa shape index (κ2) is 12.2. The SMILES string of the molecule is CCN(Cc1ccccc1)S(=O)(=O)c1ccc(S(=O)(=O)N(CC(=O)Nc2ccccc2)C2CCCC2)cc1. The van der Waals surface area contributed by atoms with Gasteiger partial charge in [-0.1, -0.05) is 68.3 Å². The predicted molar refractivity (Wildman–Crippen MR) is 147 cm³/mol. The quantitative estimate of drug-likeness (QED) is 0.376. The molecule has 202 valence electrons. The van der Waals surface area contributed by atoms with Crippen LogP contribution in [-0.4, -0.2) is 50.5 Å². The van der Waals surface area contributed by atoms with Crippen molar-refractivity contribution in [3.05, 3.63) is 90.5 Å². The lowest BCUT2D eigenvalue weighted by Crippen LogP contribution is -2.43. The van der Waals surface area contributed by atoms with E-state index in [0.717, 1.165) is 18.4 Å². The van der Waals surface area contributed by atoms with Gasteiger partial charge in [0.2, 0.25) is 26.0 Å². The number of benzene rings is 3. The van der Waals surface area contributed by atoms with E-state index in [-0.39, 0.29) is 35.5 Å². The molecule has 3 aromatic rings. The first-order chi connectivity index (χ1) is 18.2. The summed E-state index contributed by atoms with van der Waals surface area (Å²) in [6.07, 6.45) is 3.13. The number of carbonyl (C=O) groups excluding carboxylic acids is 1. The van der Waals surface area contributed by atoms with E-state index in [1.54, 1.807) is 31.2 Å². The molecule has 10 heteroatoms. The first-order valence-corrected chi connectivity index (χ1v) is 15.6. The standard InChI is InChI=1S/C28H33N3O5S2/c1-2-30(21-23-11-5-3-6-12-23)37(33,34)26-17-19-27(20-18-26)38(35,36)31(25-15-9-10-16-25)22-28(32)29-24-13-7-4-8-14-24/h3-8,11-14,17-20,25H,2,9-10,15-16,21-22H2,1H3,(H,29,32). The number of amides is 1. The fourth-order valence-corrected chi connectivity index (χ4v) is 7.77. The Kier molecular flexibility index (Phi) is 8.99. The zero-order valence-electron chi connectivity index (χ0n) is 21.4. The van der Waals surface area contributed by atoms with Crippen molar-refractivity contribution in [2.24, 2.45) is 0 Å². The maximum absolute atomic E-state index is 13.7. The molecule has 0 spiro atoms. The van der Waals surface area contributed by atoms with Crippen LogP contribution in [0.1, 0.15) is 38.2 Å². The van der Waals surface area contributed by atoms with Crippen LogP contribution in [0.2, 0.25) is 0 Å². The molecule has 0 unspecified atom stereocenters. The van der Waals surface area contributed by atoms with E-state index in [9.17, 15) is 21.6 Å². The molecule has 1 aliphatic rings. The van der Waals surface area contributed by atoms with Gasteiger partial charge in [0.25, 0.3) is 0 Å². The predicted octanol–water partition coefficient (Wildman–Crippen LogP) is 4.47. The van der Waals surface area contributed by atoms with Gasteiger partial charge >= 0.3 is 0 Å². The third-order valence-electron chi connectivity index (χ3n) is 6.71. The lowest BCUT2D eigenvalue weighted by atomic mass is 10.2. The van der Waals surface area contributed by atoms with Crippen LogP contribution in [0.25, 0.3) is 0 Å². The molecular formula is C28H33N3O5S2. The molecule has 0 atom stereocenters. The molecular weight excluding hydrogens is 522 g/mol. The lowest BCUT2D eigenvalue weighted by Gasteiger charge is -2.27. The molecule has 4 rings (SSSR count). The third kappa shape index (κ3) is 6.50. The number of nitrogens with one attached hydrogen (secondary N) is 1. The van der Waals surface area contributed by atoms with Crippen LogP contribution in [-0.2, 0) is 31.4 Å². The van der Waals surface area contributed by atoms with Crippen LogP contribution >= 0.6 is 0 Å². The summed E-state index contributed by atoms with van der Waals surface area (Å²) >= 11 is 0. The number of anilines is 1. The Bertz CT molecular complexity index is 1420. The van der Waals surface area contributed by atoms with E-state index in [0.29, 0.717) is 18.5 Å². The molecule has 1 saturated carbocycles. The van der Waals surface area contributed by atoms with E-state index in [1.165, 1.54) is 32.9 Å². The van der Waals surface area contributed by atoms with Crippen molar-refractivity contribution < 1.29 is 21.6 Å². The Morgan fingerprint density at radius 1 is 0.789 bits per heavy atom. The van der Waals surface area contributed by atoms with Crippen LogP contribution in [0.15, 0.2) is 94.7 Å². The molecule has 8 nitrogen and oxygen atoms in total. The van der Waals surface area contributed by atoms with Crippen molar-refractivity contribution in [3.63, 3.8) is 0 Å². The average molecular weight is 556 g/mol. The normalized spacial score (nSPS) is 14.7. The summed E-state index contributed by atoms with van der Waals surface area (Å²) < 4.78 is 56.6. The number of hydrogen-bond acceptors (Lipinski definition) is 5. The van der Waals surface area contributed by atoms with E-state index < -0.39 is 26.0 Å². The van der Waals surface area contributed by atoms with Crippen LogP contribution in [0.5, 0.6) is 0 Å². The highest BCUT2D eigenvalue weighted by molar-refractivity contribution is 7.89. The fourth-order valence-electron chi connectivity index (χ4n) is 4.69. The lowest BCUT2D eigenvalue weighted by molar-refractivity contribution is -0.116. The summed E-state index contributed by atoms with van der Waals surface area (Å²) in [4.78, 5) is 12.8. The van der Waals surface area contributed by atoms with Crippen LogP contribution in [0.3, 0.4) is 0 Å². The van der Waals surface area contributed by atoms with Crippen molar-refractivity contribution in [3.8, 4) is 0 Å². The molecule has 0 aromatic heterocycles. The molecule has 0 aliphatic heterocycles. The molecule has 0 heterocycles. The summed E-state index contributed by atoms with van der Waals surface area (Å²) in [5.74, 6) is -0.426. The molecule has 1 N–H and O–H groups in total. The monoisotopic (exact) mass is 555 g/mol. The molecule has 0 saturated heterocycles. The summed E-state index contributed by atoms with van der Waals surface area (Å²) in [6, 6.07) is 23.2. The van der Waals surface area contributed by atoms with Gasteiger partial charge in [0, 0.05) is 24.8 Å². The average Bonchev–Trinajstić information content (AvgIpc) is 3.46. The van der Waals surface area contributed by atoms with Gasteiger partial charge in [-0.2, -0.15) is 8.61 Å². The van der Waals surface area contributed by atoms with Crippen molar-refractivity contribution in [1.82, 2.24) is 8.61 Å². The van der Waals surface area contributed by atoms with E-state index in [4.69, 9.17) is 0 Å². The minimum atomic E-state index is -4.04. The van der Waals surface area contributed by atoms with Gasteiger partial charge in [-0.15, -0.1) is 0 Å². The third-order valence-corrected chi connectivity index (χ3v) is 10.6. The van der Waals surface area contributed by atoms with Gasteiger partial charge in [0.1, 0.15) is 0 Å². The highest BCUT2D eigenvalue weighted by atomic mass is 32.2. The topological polar surface area (TPSA) is 104 Å². The highest BCUT2D eigenvalue weighted by Gasteiger charge is 2.35. The molecule has 3 aromatic carbocycles. The Balaban J connectivity index is 1.55. The van der Waals surface area contributed by atoms with Crippen molar-refractivity contribution in [1.29, 1.82) is 0 Å². The number of nitrogens with zero attached hydrogens (tertiary/aromatic N) is 2. The van der Waals surface area contributed by atoms with Crippen molar-refractivity contribution >= 4 is 31.6 Å². The smallest absolute Gasteiger partial charge is 0.243 e. The number of carbonyl (C=O) groups is 1. The maximum atomic E-state index is 13.7. The maximum Gasteiger partial charge on any atom is 0.243 e. The van der Waals surface area contributed by atoms with Gasteiger partial charge in [-0.3, -0.25) is 4.79 Å². The first-order valence-electron chi connectivity index (χ1n) is 12.7. The number of hydrogen-bond donors (Lipinski definition) is 1. The van der Waals surface area contributed by atoms with E-state index in [2.05, 4.69) is 5.32 Å². The summed E-state index contributed by atoms with van der Waals surface area (Å²) in [6.45, 7) is 1.93. The Morgan fingerprint density at radius 2 is 1.32 bits per heavy atom. The van der Waals surface area contributed by atoms with Gasteiger partial charge in [0.15, 0.2) is 0 Å². The minimum absolute atomic E-state index is 0.0171. The summed E-state index contributed by atoms with van der Waals surface area (Å²) in [7, 11) is -7.88. The zero-order chi connectivity index (χ0) is 27.2. The van der Waals surface area contributed by atoms with Gasteiger partial charge < -0.3 is 5.32 Å². The molecule has 1 aliphatic carbocycles. The highest BCUT2D eigenvalue weighted by Crippen LogP contribution is 2.29.